The third kappa shape index (κ3) is 4.05. The third-order valence-corrected chi connectivity index (χ3v) is 4.30. The van der Waals surface area contributed by atoms with E-state index in [-0.39, 0.29) is 19.7 Å². The SMILES string of the molecule is CCOC(=O)[C@@](NC(=O)c1c(F)cccc1F)(N1CCCCC1)C(F)(F)F. The van der Waals surface area contributed by atoms with Gasteiger partial charge < -0.3 is 10.1 Å². The monoisotopic (exact) mass is 394 g/mol. The lowest BCUT2D eigenvalue weighted by Gasteiger charge is -2.44. The maximum Gasteiger partial charge on any atom is 0.436 e. The fourth-order valence-corrected chi connectivity index (χ4v) is 3.03. The van der Waals surface area contributed by atoms with Crippen LogP contribution in [-0.4, -0.2) is 48.3 Å². The maximum absolute atomic E-state index is 14.1. The van der Waals surface area contributed by atoms with Crippen LogP contribution >= 0.6 is 0 Å². The number of benzene rings is 1. The summed E-state index contributed by atoms with van der Waals surface area (Å²) in [5, 5.41) is 1.53. The van der Waals surface area contributed by atoms with Gasteiger partial charge in [-0.1, -0.05) is 12.5 Å². The molecule has 0 bridgehead atoms. The lowest BCUT2D eigenvalue weighted by Crippen LogP contribution is -2.74. The highest BCUT2D eigenvalue weighted by molar-refractivity contribution is 5.98. The lowest BCUT2D eigenvalue weighted by atomic mass is 10.0. The smallest absolute Gasteiger partial charge is 0.436 e. The average molecular weight is 394 g/mol. The summed E-state index contributed by atoms with van der Waals surface area (Å²) in [6, 6.07) is 2.44. The van der Waals surface area contributed by atoms with Crippen LogP contribution < -0.4 is 5.32 Å². The molecule has 0 radical (unpaired) electrons. The van der Waals surface area contributed by atoms with Gasteiger partial charge in [-0.15, -0.1) is 0 Å². The first kappa shape index (κ1) is 21.1. The molecule has 1 saturated heterocycles. The number of carbonyl (C=O) groups excluding carboxylic acids is 2. The fourth-order valence-electron chi connectivity index (χ4n) is 3.03. The summed E-state index contributed by atoms with van der Waals surface area (Å²) in [5.41, 5.74) is -4.73. The second-order valence-electron chi connectivity index (χ2n) is 6.03. The Hall–Kier alpha value is -2.23. The lowest BCUT2D eigenvalue weighted by molar-refractivity contribution is -0.248. The largest absolute Gasteiger partial charge is 0.463 e. The van der Waals surface area contributed by atoms with Gasteiger partial charge in [-0.2, -0.15) is 13.2 Å². The number of halogens is 5. The molecule has 150 valence electrons. The molecule has 2 rings (SSSR count). The van der Waals surface area contributed by atoms with Crippen molar-refractivity contribution in [1.82, 2.24) is 10.2 Å². The Morgan fingerprint density at radius 2 is 1.67 bits per heavy atom. The number of carbonyl (C=O) groups is 2. The van der Waals surface area contributed by atoms with Crippen molar-refractivity contribution in [3.63, 3.8) is 0 Å². The Balaban J connectivity index is 2.53. The van der Waals surface area contributed by atoms with Crippen LogP contribution in [0.3, 0.4) is 0 Å². The first-order chi connectivity index (χ1) is 12.6. The topological polar surface area (TPSA) is 58.6 Å². The summed E-state index contributed by atoms with van der Waals surface area (Å²) in [7, 11) is 0. The summed E-state index contributed by atoms with van der Waals surface area (Å²) in [6.07, 6.45) is -3.90. The van der Waals surface area contributed by atoms with E-state index in [4.69, 9.17) is 0 Å². The van der Waals surface area contributed by atoms with E-state index in [9.17, 15) is 31.5 Å². The van der Waals surface area contributed by atoms with Gasteiger partial charge in [-0.05, 0) is 31.9 Å². The van der Waals surface area contributed by atoms with Crippen molar-refractivity contribution in [1.29, 1.82) is 0 Å². The molecule has 1 heterocycles. The van der Waals surface area contributed by atoms with Crippen LogP contribution in [-0.2, 0) is 9.53 Å². The number of ether oxygens (including phenoxy) is 1. The molecule has 1 aromatic carbocycles. The molecule has 1 atom stereocenters. The van der Waals surface area contributed by atoms with Crippen molar-refractivity contribution in [2.75, 3.05) is 19.7 Å². The van der Waals surface area contributed by atoms with Crippen molar-refractivity contribution in [3.05, 3.63) is 35.4 Å². The molecule has 27 heavy (non-hydrogen) atoms. The van der Waals surface area contributed by atoms with Crippen LogP contribution in [0.1, 0.15) is 36.5 Å². The number of rotatable bonds is 5. The molecule has 0 aliphatic carbocycles. The molecule has 1 fully saturated rings. The standard InChI is InChI=1S/C17H19F5N2O3/c1-2-27-15(26)16(17(20,21)22,24-9-4-3-5-10-24)23-14(25)13-11(18)7-6-8-12(13)19/h6-8H,2-5,9-10H2,1H3,(H,23,25)/t16-/m1/s1. The number of nitrogens with one attached hydrogen (secondary N) is 1. The zero-order valence-corrected chi connectivity index (χ0v) is 14.5. The van der Waals surface area contributed by atoms with E-state index < -0.39 is 40.9 Å². The molecular formula is C17H19F5N2O3. The van der Waals surface area contributed by atoms with Crippen LogP contribution in [0.15, 0.2) is 18.2 Å². The summed E-state index contributed by atoms with van der Waals surface area (Å²) in [5.74, 6) is -6.12. The first-order valence-corrected chi connectivity index (χ1v) is 8.40. The number of hydrogen-bond acceptors (Lipinski definition) is 4. The van der Waals surface area contributed by atoms with Crippen molar-refractivity contribution >= 4 is 11.9 Å². The van der Waals surface area contributed by atoms with Gasteiger partial charge >= 0.3 is 12.1 Å². The molecule has 0 saturated carbocycles. The number of likely N-dealkylation sites (tertiary alicyclic amines) is 1. The minimum atomic E-state index is -5.28. The molecule has 1 amide bonds. The predicted octanol–water partition coefficient (Wildman–Crippen LogP) is 3.00. The van der Waals surface area contributed by atoms with E-state index in [1.54, 1.807) is 0 Å². The molecule has 1 aliphatic rings. The second-order valence-corrected chi connectivity index (χ2v) is 6.03. The minimum Gasteiger partial charge on any atom is -0.463 e. The highest BCUT2D eigenvalue weighted by atomic mass is 19.4. The van der Waals surface area contributed by atoms with Gasteiger partial charge in [0.1, 0.15) is 17.2 Å². The number of alkyl halides is 3. The Labute approximate surface area is 152 Å². The summed E-state index contributed by atoms with van der Waals surface area (Å²) in [4.78, 5) is 25.5. The Kier molecular flexibility index (Phi) is 6.40. The molecule has 10 heteroatoms. The Bertz CT molecular complexity index is 684. The molecule has 0 unspecified atom stereocenters. The normalized spacial score (nSPS) is 17.9. The average Bonchev–Trinajstić information content (AvgIpc) is 2.59. The van der Waals surface area contributed by atoms with E-state index in [1.807, 2.05) is 0 Å². The molecule has 0 aromatic heterocycles. The van der Waals surface area contributed by atoms with Crippen molar-refractivity contribution in [3.8, 4) is 0 Å². The molecule has 1 aliphatic heterocycles. The van der Waals surface area contributed by atoms with Crippen LogP contribution in [0.4, 0.5) is 22.0 Å². The van der Waals surface area contributed by atoms with Crippen LogP contribution in [0.2, 0.25) is 0 Å². The number of nitrogens with zero attached hydrogens (tertiary/aromatic N) is 1. The van der Waals surface area contributed by atoms with Crippen LogP contribution in [0.5, 0.6) is 0 Å². The Morgan fingerprint density at radius 3 is 2.15 bits per heavy atom. The van der Waals surface area contributed by atoms with E-state index >= 15 is 0 Å². The third-order valence-electron chi connectivity index (χ3n) is 4.30. The predicted molar refractivity (Wildman–Crippen MR) is 84.7 cm³/mol. The number of amides is 1. The van der Waals surface area contributed by atoms with Gasteiger partial charge in [-0.25, -0.2) is 13.6 Å². The van der Waals surface area contributed by atoms with Crippen molar-refractivity contribution in [2.45, 2.75) is 38.0 Å². The Morgan fingerprint density at radius 1 is 1.11 bits per heavy atom. The first-order valence-electron chi connectivity index (χ1n) is 8.40. The minimum absolute atomic E-state index is 0.141. The highest BCUT2D eigenvalue weighted by Gasteiger charge is 2.66. The van der Waals surface area contributed by atoms with Gasteiger partial charge in [0.25, 0.3) is 11.6 Å². The van der Waals surface area contributed by atoms with Gasteiger partial charge in [0.15, 0.2) is 0 Å². The maximum atomic E-state index is 14.1. The van der Waals surface area contributed by atoms with E-state index in [1.165, 1.54) is 12.2 Å². The van der Waals surface area contributed by atoms with Crippen molar-refractivity contribution < 1.29 is 36.3 Å². The van der Waals surface area contributed by atoms with Gasteiger partial charge in [0, 0.05) is 13.1 Å². The number of hydrogen-bond donors (Lipinski definition) is 1. The van der Waals surface area contributed by atoms with Gasteiger partial charge in [0.05, 0.1) is 6.61 Å². The summed E-state index contributed by atoms with van der Waals surface area (Å²) < 4.78 is 74.5. The van der Waals surface area contributed by atoms with E-state index in [2.05, 4.69) is 4.74 Å². The van der Waals surface area contributed by atoms with Crippen molar-refractivity contribution in [2.24, 2.45) is 0 Å². The van der Waals surface area contributed by atoms with Gasteiger partial charge in [-0.3, -0.25) is 9.69 Å². The summed E-state index contributed by atoms with van der Waals surface area (Å²) in [6.45, 7) is 0.665. The highest BCUT2D eigenvalue weighted by Crippen LogP contribution is 2.37. The van der Waals surface area contributed by atoms with E-state index in [0.29, 0.717) is 19.3 Å². The van der Waals surface area contributed by atoms with E-state index in [0.717, 1.165) is 23.1 Å². The van der Waals surface area contributed by atoms with Crippen LogP contribution in [0.25, 0.3) is 0 Å². The molecular weight excluding hydrogens is 375 g/mol. The fraction of sp³-hybridized carbons (Fsp3) is 0.529. The molecule has 5 nitrogen and oxygen atoms in total. The van der Waals surface area contributed by atoms with Gasteiger partial charge in [0.2, 0.25) is 0 Å². The zero-order valence-electron chi connectivity index (χ0n) is 14.5. The molecule has 1 N–H and O–H groups in total. The quantitative estimate of drug-likeness (QED) is 0.616. The second kappa shape index (κ2) is 8.20. The molecule has 0 spiro atoms. The van der Waals surface area contributed by atoms with Crippen LogP contribution in [0, 0.1) is 11.6 Å². The zero-order chi connectivity index (χ0) is 20.2. The molecule has 1 aromatic rings. The number of piperidine rings is 1. The summed E-state index contributed by atoms with van der Waals surface area (Å²) >= 11 is 0. The number of esters is 1.